The minimum atomic E-state index is 0.358. The maximum absolute atomic E-state index is 5.66. The fraction of sp³-hybridized carbons (Fsp3) is 0.167. The number of pyridine rings is 1. The van der Waals surface area contributed by atoms with Crippen LogP contribution in [0.2, 0.25) is 10.0 Å². The molecule has 4 heteroatoms. The lowest BCUT2D eigenvalue weighted by Crippen LogP contribution is -1.83. The lowest BCUT2D eigenvalue weighted by Gasteiger charge is -1.95. The summed E-state index contributed by atoms with van der Waals surface area (Å²) in [5, 5.41) is 0.947. The quantitative estimate of drug-likeness (QED) is 0.629. The Labute approximate surface area is 73.9 Å². The van der Waals surface area contributed by atoms with E-state index in [9.17, 15) is 0 Å². The van der Waals surface area contributed by atoms with E-state index in [1.165, 1.54) is 6.20 Å². The van der Waals surface area contributed by atoms with Gasteiger partial charge in [-0.15, -0.1) is 11.6 Å². The third-order valence-corrected chi connectivity index (χ3v) is 1.99. The number of hydrogen-bond donors (Lipinski definition) is 0. The van der Waals surface area contributed by atoms with Gasteiger partial charge in [-0.1, -0.05) is 23.2 Å². The molecule has 0 aliphatic heterocycles. The van der Waals surface area contributed by atoms with Crippen LogP contribution in [0.25, 0.3) is 0 Å². The first-order chi connectivity index (χ1) is 4.74. The third-order valence-electron chi connectivity index (χ3n) is 1.00. The highest BCUT2D eigenvalue weighted by molar-refractivity contribution is 6.41. The zero-order valence-corrected chi connectivity index (χ0v) is 7.21. The van der Waals surface area contributed by atoms with E-state index in [1.54, 1.807) is 6.07 Å². The SMILES string of the molecule is ClCc1cc(Cl)c(Cl)cn1. The molecular weight excluding hydrogens is 192 g/mol. The molecule has 0 aromatic carbocycles. The Balaban J connectivity index is 3.04. The molecule has 0 saturated heterocycles. The zero-order chi connectivity index (χ0) is 7.56. The maximum Gasteiger partial charge on any atom is 0.0775 e. The van der Waals surface area contributed by atoms with E-state index in [4.69, 9.17) is 34.8 Å². The molecule has 1 nitrogen and oxygen atoms in total. The first-order valence-corrected chi connectivity index (χ1v) is 3.89. The van der Waals surface area contributed by atoms with Crippen LogP contribution < -0.4 is 0 Å². The second-order valence-electron chi connectivity index (χ2n) is 1.72. The lowest BCUT2D eigenvalue weighted by atomic mass is 10.4. The van der Waals surface area contributed by atoms with E-state index in [0.29, 0.717) is 15.9 Å². The van der Waals surface area contributed by atoms with Crippen LogP contribution >= 0.6 is 34.8 Å². The van der Waals surface area contributed by atoms with Crippen molar-refractivity contribution in [2.75, 3.05) is 0 Å². The molecule has 0 aliphatic carbocycles. The second-order valence-corrected chi connectivity index (χ2v) is 2.81. The summed E-state index contributed by atoms with van der Waals surface area (Å²) >= 11 is 16.7. The molecule has 1 aromatic heterocycles. The van der Waals surface area contributed by atoms with Crippen LogP contribution in [0.3, 0.4) is 0 Å². The Hall–Kier alpha value is 0.0200. The van der Waals surface area contributed by atoms with E-state index in [-0.39, 0.29) is 0 Å². The van der Waals surface area contributed by atoms with Crippen LogP contribution in [0.5, 0.6) is 0 Å². The monoisotopic (exact) mass is 195 g/mol. The van der Waals surface area contributed by atoms with E-state index in [0.717, 1.165) is 5.69 Å². The largest absolute Gasteiger partial charge is 0.258 e. The van der Waals surface area contributed by atoms with E-state index in [1.807, 2.05) is 0 Å². The highest BCUT2D eigenvalue weighted by Crippen LogP contribution is 2.21. The highest BCUT2D eigenvalue weighted by Gasteiger charge is 1.98. The third kappa shape index (κ3) is 1.75. The van der Waals surface area contributed by atoms with Crippen LogP contribution in [0.15, 0.2) is 12.3 Å². The average molecular weight is 196 g/mol. The smallest absolute Gasteiger partial charge is 0.0775 e. The summed E-state index contributed by atoms with van der Waals surface area (Å²) in [7, 11) is 0. The summed E-state index contributed by atoms with van der Waals surface area (Å²) in [5.41, 5.74) is 0.732. The Morgan fingerprint density at radius 3 is 2.50 bits per heavy atom. The Kier molecular flexibility index (Phi) is 2.78. The minimum absolute atomic E-state index is 0.358. The molecule has 0 N–H and O–H groups in total. The van der Waals surface area contributed by atoms with E-state index in [2.05, 4.69) is 4.98 Å². The molecule has 54 valence electrons. The second kappa shape index (κ2) is 3.42. The van der Waals surface area contributed by atoms with Crippen molar-refractivity contribution in [3.63, 3.8) is 0 Å². The number of aromatic nitrogens is 1. The molecule has 1 rings (SSSR count). The number of nitrogens with zero attached hydrogens (tertiary/aromatic N) is 1. The number of halogens is 3. The molecule has 0 unspecified atom stereocenters. The summed E-state index contributed by atoms with van der Waals surface area (Å²) in [6.07, 6.45) is 1.49. The van der Waals surface area contributed by atoms with Gasteiger partial charge >= 0.3 is 0 Å². The molecule has 0 atom stereocenters. The molecule has 0 amide bonds. The first-order valence-electron chi connectivity index (χ1n) is 2.60. The average Bonchev–Trinajstić information content (AvgIpc) is 1.95. The van der Waals surface area contributed by atoms with E-state index < -0.39 is 0 Å². The van der Waals surface area contributed by atoms with Crippen molar-refractivity contribution in [1.82, 2.24) is 4.98 Å². The van der Waals surface area contributed by atoms with Crippen molar-refractivity contribution in [1.29, 1.82) is 0 Å². The van der Waals surface area contributed by atoms with Gasteiger partial charge in [-0.3, -0.25) is 4.98 Å². The Morgan fingerprint density at radius 2 is 2.00 bits per heavy atom. The zero-order valence-electron chi connectivity index (χ0n) is 4.94. The van der Waals surface area contributed by atoms with Gasteiger partial charge in [0, 0.05) is 6.20 Å². The van der Waals surface area contributed by atoms with Gasteiger partial charge in [-0.25, -0.2) is 0 Å². The van der Waals surface area contributed by atoms with Crippen molar-refractivity contribution < 1.29 is 0 Å². The van der Waals surface area contributed by atoms with Gasteiger partial charge in [-0.2, -0.15) is 0 Å². The van der Waals surface area contributed by atoms with Gasteiger partial charge in [-0.05, 0) is 6.07 Å². The molecule has 1 aromatic rings. The van der Waals surface area contributed by atoms with Crippen LogP contribution in [-0.2, 0) is 5.88 Å². The van der Waals surface area contributed by atoms with E-state index >= 15 is 0 Å². The van der Waals surface area contributed by atoms with Crippen molar-refractivity contribution in [2.24, 2.45) is 0 Å². The van der Waals surface area contributed by atoms with Crippen LogP contribution in [-0.4, -0.2) is 4.98 Å². The minimum Gasteiger partial charge on any atom is -0.258 e. The Morgan fingerprint density at radius 1 is 1.30 bits per heavy atom. The molecule has 0 fully saturated rings. The molecular formula is C6H4Cl3N. The number of hydrogen-bond acceptors (Lipinski definition) is 1. The predicted molar refractivity (Wildman–Crippen MR) is 43.8 cm³/mol. The normalized spacial score (nSPS) is 9.90. The molecule has 10 heavy (non-hydrogen) atoms. The fourth-order valence-electron chi connectivity index (χ4n) is 0.527. The van der Waals surface area contributed by atoms with Crippen molar-refractivity contribution in [2.45, 2.75) is 5.88 Å². The maximum atomic E-state index is 5.66. The van der Waals surface area contributed by atoms with Crippen LogP contribution in [0.1, 0.15) is 5.69 Å². The summed E-state index contributed by atoms with van der Waals surface area (Å²) < 4.78 is 0. The number of rotatable bonds is 1. The molecule has 1 heterocycles. The molecule has 0 radical (unpaired) electrons. The summed E-state index contributed by atoms with van der Waals surface area (Å²) in [4.78, 5) is 3.91. The summed E-state index contributed by atoms with van der Waals surface area (Å²) in [6, 6.07) is 1.65. The standard InChI is InChI=1S/C6H4Cl3N/c7-2-4-1-5(8)6(9)3-10-4/h1,3H,2H2. The molecule has 0 bridgehead atoms. The van der Waals surface area contributed by atoms with Crippen LogP contribution in [0.4, 0.5) is 0 Å². The highest BCUT2D eigenvalue weighted by atomic mass is 35.5. The topological polar surface area (TPSA) is 12.9 Å². The van der Waals surface area contributed by atoms with Gasteiger partial charge in [0.25, 0.3) is 0 Å². The van der Waals surface area contributed by atoms with Crippen molar-refractivity contribution in [3.8, 4) is 0 Å². The molecule has 0 saturated carbocycles. The Bertz CT molecular complexity index is 236. The molecule has 0 aliphatic rings. The summed E-state index contributed by atoms with van der Waals surface area (Å²) in [6.45, 7) is 0. The van der Waals surface area contributed by atoms with Crippen molar-refractivity contribution in [3.05, 3.63) is 28.0 Å². The van der Waals surface area contributed by atoms with Gasteiger partial charge in [0.2, 0.25) is 0 Å². The molecule has 0 spiro atoms. The summed E-state index contributed by atoms with van der Waals surface area (Å²) in [5.74, 6) is 0.358. The van der Waals surface area contributed by atoms with Gasteiger partial charge < -0.3 is 0 Å². The van der Waals surface area contributed by atoms with Gasteiger partial charge in [0.15, 0.2) is 0 Å². The van der Waals surface area contributed by atoms with Gasteiger partial charge in [0.1, 0.15) is 0 Å². The van der Waals surface area contributed by atoms with Gasteiger partial charge in [0.05, 0.1) is 21.6 Å². The first kappa shape index (κ1) is 8.12. The van der Waals surface area contributed by atoms with Crippen LogP contribution in [0, 0.1) is 0 Å². The fourth-order valence-corrected chi connectivity index (χ4v) is 0.951. The van der Waals surface area contributed by atoms with Crippen molar-refractivity contribution >= 4 is 34.8 Å². The number of alkyl halides is 1. The predicted octanol–water partition coefficient (Wildman–Crippen LogP) is 3.13. The lowest BCUT2D eigenvalue weighted by molar-refractivity contribution is 1.17.